The highest BCUT2D eigenvalue weighted by Gasteiger charge is 2.43. The third-order valence-corrected chi connectivity index (χ3v) is 6.39. The smallest absolute Gasteiger partial charge is 0.232 e. The molecule has 3 aromatic rings. The number of ether oxygens (including phenoxy) is 1. The number of amides is 1. The van der Waals surface area contributed by atoms with Crippen molar-refractivity contribution < 1.29 is 9.53 Å². The SMILES string of the molecule is CC1(C)CC(C(=O)Nc2cnc([C@@H]3CCCO3)c(Cl)c2)c2cnc3cc(Cl)nn3c21. The maximum atomic E-state index is 13.2. The lowest BCUT2D eigenvalue weighted by molar-refractivity contribution is -0.117. The minimum absolute atomic E-state index is 0.0702. The van der Waals surface area contributed by atoms with Crippen LogP contribution in [0.15, 0.2) is 24.5 Å². The van der Waals surface area contributed by atoms with E-state index in [1.165, 1.54) is 0 Å². The van der Waals surface area contributed by atoms with Crippen molar-refractivity contribution in [2.24, 2.45) is 0 Å². The van der Waals surface area contributed by atoms with Crippen LogP contribution in [0.25, 0.3) is 5.65 Å². The zero-order valence-corrected chi connectivity index (χ0v) is 18.2. The second-order valence-electron chi connectivity index (χ2n) is 8.52. The molecule has 0 aromatic carbocycles. The number of fused-ring (bicyclic) bond motifs is 3. The van der Waals surface area contributed by atoms with Crippen LogP contribution in [0.3, 0.4) is 0 Å². The van der Waals surface area contributed by atoms with E-state index in [9.17, 15) is 4.79 Å². The number of hydrogen-bond donors (Lipinski definition) is 1. The van der Waals surface area contributed by atoms with Gasteiger partial charge in [0.15, 0.2) is 10.8 Å². The Bertz CT molecular complexity index is 1150. The number of nitrogens with zero attached hydrogens (tertiary/aromatic N) is 4. The molecular formula is C21H21Cl2N5O2. The maximum Gasteiger partial charge on any atom is 0.232 e. The van der Waals surface area contributed by atoms with E-state index in [-0.39, 0.29) is 23.3 Å². The molecule has 9 heteroatoms. The number of halogens is 2. The summed E-state index contributed by atoms with van der Waals surface area (Å²) in [4.78, 5) is 22.0. The number of carbonyl (C=O) groups is 1. The highest BCUT2D eigenvalue weighted by atomic mass is 35.5. The first-order valence-corrected chi connectivity index (χ1v) is 10.7. The molecule has 0 bridgehead atoms. The fraction of sp³-hybridized carbons (Fsp3) is 0.429. The van der Waals surface area contributed by atoms with E-state index in [1.54, 1.807) is 29.0 Å². The second kappa shape index (κ2) is 7.18. The van der Waals surface area contributed by atoms with Crippen LogP contribution in [0.5, 0.6) is 0 Å². The van der Waals surface area contributed by atoms with E-state index in [4.69, 9.17) is 27.9 Å². The predicted molar refractivity (Wildman–Crippen MR) is 114 cm³/mol. The highest BCUT2D eigenvalue weighted by molar-refractivity contribution is 6.31. The molecule has 1 N–H and O–H groups in total. The average molecular weight is 446 g/mol. The Morgan fingerprint density at radius 3 is 2.83 bits per heavy atom. The van der Waals surface area contributed by atoms with Crippen molar-refractivity contribution >= 4 is 40.4 Å². The van der Waals surface area contributed by atoms with Gasteiger partial charge >= 0.3 is 0 Å². The molecular weight excluding hydrogens is 425 g/mol. The van der Waals surface area contributed by atoms with Gasteiger partial charge in [0.1, 0.15) is 6.10 Å². The van der Waals surface area contributed by atoms with Gasteiger partial charge in [0, 0.05) is 29.8 Å². The molecule has 7 nitrogen and oxygen atoms in total. The first kappa shape index (κ1) is 19.7. The molecule has 1 aliphatic carbocycles. The quantitative estimate of drug-likeness (QED) is 0.632. The molecule has 156 valence electrons. The van der Waals surface area contributed by atoms with Gasteiger partial charge in [0.25, 0.3) is 0 Å². The van der Waals surface area contributed by atoms with Crippen molar-refractivity contribution in [2.45, 2.75) is 50.5 Å². The summed E-state index contributed by atoms with van der Waals surface area (Å²) in [5.41, 5.74) is 3.53. The lowest BCUT2D eigenvalue weighted by Gasteiger charge is -2.19. The van der Waals surface area contributed by atoms with Gasteiger partial charge in [-0.05, 0) is 25.3 Å². The van der Waals surface area contributed by atoms with Gasteiger partial charge in [-0.2, -0.15) is 5.10 Å². The second-order valence-corrected chi connectivity index (χ2v) is 9.32. The predicted octanol–water partition coefficient (Wildman–Crippen LogP) is 4.69. The zero-order chi connectivity index (χ0) is 21.0. The Morgan fingerprint density at radius 2 is 2.10 bits per heavy atom. The van der Waals surface area contributed by atoms with Crippen LogP contribution in [0.2, 0.25) is 10.2 Å². The lowest BCUT2D eigenvalue weighted by Crippen LogP contribution is -2.21. The Balaban J connectivity index is 1.43. The summed E-state index contributed by atoms with van der Waals surface area (Å²) < 4.78 is 7.41. The summed E-state index contributed by atoms with van der Waals surface area (Å²) in [5, 5.41) is 8.21. The van der Waals surface area contributed by atoms with Gasteiger partial charge in [-0.25, -0.2) is 9.50 Å². The monoisotopic (exact) mass is 445 g/mol. The molecule has 2 aliphatic rings. The fourth-order valence-corrected chi connectivity index (χ4v) is 5.04. The van der Waals surface area contributed by atoms with Gasteiger partial charge in [0.05, 0.1) is 34.2 Å². The van der Waals surface area contributed by atoms with Crippen molar-refractivity contribution in [3.8, 4) is 0 Å². The van der Waals surface area contributed by atoms with Gasteiger partial charge < -0.3 is 10.1 Å². The van der Waals surface area contributed by atoms with Crippen molar-refractivity contribution in [3.05, 3.63) is 51.7 Å². The summed E-state index contributed by atoms with van der Waals surface area (Å²) in [6, 6.07) is 3.45. The third-order valence-electron chi connectivity index (χ3n) is 5.90. The molecule has 1 fully saturated rings. The number of anilines is 1. The molecule has 0 spiro atoms. The van der Waals surface area contributed by atoms with E-state index in [0.29, 0.717) is 27.9 Å². The molecule has 1 amide bonds. The highest BCUT2D eigenvalue weighted by Crippen LogP contribution is 2.46. The van der Waals surface area contributed by atoms with Gasteiger partial charge in [-0.1, -0.05) is 37.0 Å². The third kappa shape index (κ3) is 3.25. The van der Waals surface area contributed by atoms with Crippen molar-refractivity contribution in [1.29, 1.82) is 0 Å². The van der Waals surface area contributed by atoms with Crippen LogP contribution in [0, 0.1) is 0 Å². The number of pyridine rings is 1. The van der Waals surface area contributed by atoms with E-state index in [0.717, 1.165) is 36.4 Å². The molecule has 1 unspecified atom stereocenters. The molecule has 2 atom stereocenters. The molecule has 0 radical (unpaired) electrons. The number of nitrogens with one attached hydrogen (secondary N) is 1. The molecule has 30 heavy (non-hydrogen) atoms. The Labute approximate surface area is 183 Å². The summed E-state index contributed by atoms with van der Waals surface area (Å²) in [6.45, 7) is 4.92. The van der Waals surface area contributed by atoms with E-state index < -0.39 is 0 Å². The average Bonchev–Trinajstić information content (AvgIpc) is 3.39. The number of hydrogen-bond acceptors (Lipinski definition) is 5. The standard InChI is InChI=1S/C21H21Cl2N5O2/c1-21(2)8-12(13-10-24-17-7-16(23)27-28(17)19(13)21)20(29)26-11-6-14(22)18(25-9-11)15-4-3-5-30-15/h6-7,9-10,12,15H,3-5,8H2,1-2H3,(H,26,29)/t12?,15-/m0/s1. The fourth-order valence-electron chi connectivity index (χ4n) is 4.58. The molecule has 1 aliphatic heterocycles. The summed E-state index contributed by atoms with van der Waals surface area (Å²) in [6.07, 6.45) is 5.87. The van der Waals surface area contributed by atoms with E-state index in [1.807, 2.05) is 0 Å². The van der Waals surface area contributed by atoms with Crippen molar-refractivity contribution in [2.75, 3.05) is 11.9 Å². The molecule has 1 saturated heterocycles. The number of carbonyl (C=O) groups excluding carboxylic acids is 1. The van der Waals surface area contributed by atoms with Crippen molar-refractivity contribution in [1.82, 2.24) is 19.6 Å². The normalized spacial score (nSPS) is 22.4. The van der Waals surface area contributed by atoms with Crippen LogP contribution in [-0.4, -0.2) is 32.1 Å². The summed E-state index contributed by atoms with van der Waals surface area (Å²) in [5.74, 6) is -0.476. The lowest BCUT2D eigenvalue weighted by atomic mass is 9.88. The minimum atomic E-state index is -0.355. The van der Waals surface area contributed by atoms with Gasteiger partial charge in [0.2, 0.25) is 5.91 Å². The van der Waals surface area contributed by atoms with E-state index in [2.05, 4.69) is 34.2 Å². The largest absolute Gasteiger partial charge is 0.372 e. The first-order chi connectivity index (χ1) is 14.3. The first-order valence-electron chi connectivity index (χ1n) is 9.96. The zero-order valence-electron chi connectivity index (χ0n) is 16.7. The molecule has 3 aromatic heterocycles. The van der Waals surface area contributed by atoms with Gasteiger partial charge in [-0.15, -0.1) is 0 Å². The van der Waals surface area contributed by atoms with Crippen LogP contribution >= 0.6 is 23.2 Å². The number of aromatic nitrogens is 4. The summed E-state index contributed by atoms with van der Waals surface area (Å²) in [7, 11) is 0. The Kier molecular flexibility index (Phi) is 4.72. The minimum Gasteiger partial charge on any atom is -0.372 e. The molecule has 0 saturated carbocycles. The topological polar surface area (TPSA) is 81.4 Å². The Hall–Kier alpha value is -2.22. The van der Waals surface area contributed by atoms with Gasteiger partial charge in [-0.3, -0.25) is 9.78 Å². The van der Waals surface area contributed by atoms with E-state index >= 15 is 0 Å². The van der Waals surface area contributed by atoms with Crippen LogP contribution < -0.4 is 5.32 Å². The molecule has 5 rings (SSSR count). The Morgan fingerprint density at radius 1 is 1.27 bits per heavy atom. The van der Waals surface area contributed by atoms with Crippen LogP contribution in [0.4, 0.5) is 5.69 Å². The molecule has 4 heterocycles. The maximum absolute atomic E-state index is 13.2. The summed E-state index contributed by atoms with van der Waals surface area (Å²) >= 11 is 12.5. The van der Waals surface area contributed by atoms with Crippen LogP contribution in [-0.2, 0) is 14.9 Å². The van der Waals surface area contributed by atoms with Crippen molar-refractivity contribution in [3.63, 3.8) is 0 Å². The number of rotatable bonds is 3. The van der Waals surface area contributed by atoms with Crippen LogP contribution in [0.1, 0.15) is 62.1 Å².